The summed E-state index contributed by atoms with van der Waals surface area (Å²) >= 11 is 0. The van der Waals surface area contributed by atoms with Crippen molar-refractivity contribution in [3.63, 3.8) is 0 Å². The third-order valence-electron chi connectivity index (χ3n) is 5.31. The van der Waals surface area contributed by atoms with Gasteiger partial charge in [-0.25, -0.2) is 19.2 Å². The van der Waals surface area contributed by atoms with Crippen LogP contribution in [0.25, 0.3) is 11.3 Å². The van der Waals surface area contributed by atoms with Gasteiger partial charge in [-0.05, 0) is 30.2 Å². The van der Waals surface area contributed by atoms with Crippen LogP contribution in [-0.2, 0) is 17.6 Å². The molecule has 0 aliphatic carbocycles. The Balaban J connectivity index is 1.68. The number of aryl methyl sites for hydroxylation is 1. The fourth-order valence-electron chi connectivity index (χ4n) is 3.70. The second-order valence-electron chi connectivity index (χ2n) is 7.95. The normalized spacial score (nSPS) is 11.7. The van der Waals surface area contributed by atoms with E-state index in [2.05, 4.69) is 10.3 Å². The van der Waals surface area contributed by atoms with Crippen molar-refractivity contribution in [2.24, 2.45) is 0 Å². The molecule has 0 amide bonds. The standard InChI is InChI=1S/C27H24FN3O2/c1-18-7-5-8-19(13-18)16-24(27(32)33)31-26-23(15-20-9-6-12-22(28)14-20)30-25(17-29-26)21-10-3-2-4-11-21/h2-14,17,24H,15-16H2,1H3,(H,29,31)(H,32,33). The Bertz CT molecular complexity index is 1260. The van der Waals surface area contributed by atoms with Crippen molar-refractivity contribution >= 4 is 11.8 Å². The van der Waals surface area contributed by atoms with E-state index in [4.69, 9.17) is 4.98 Å². The van der Waals surface area contributed by atoms with Gasteiger partial charge >= 0.3 is 5.97 Å². The van der Waals surface area contributed by atoms with Gasteiger partial charge in [0, 0.05) is 18.4 Å². The number of hydrogen-bond acceptors (Lipinski definition) is 4. The fourth-order valence-corrected chi connectivity index (χ4v) is 3.70. The van der Waals surface area contributed by atoms with Gasteiger partial charge in [0.1, 0.15) is 17.7 Å². The van der Waals surface area contributed by atoms with Crippen molar-refractivity contribution in [1.29, 1.82) is 0 Å². The number of halogens is 1. The zero-order valence-electron chi connectivity index (χ0n) is 18.2. The monoisotopic (exact) mass is 441 g/mol. The summed E-state index contributed by atoms with van der Waals surface area (Å²) < 4.78 is 13.8. The summed E-state index contributed by atoms with van der Waals surface area (Å²) in [7, 11) is 0. The molecule has 0 saturated heterocycles. The average Bonchev–Trinajstić information content (AvgIpc) is 2.80. The fraction of sp³-hybridized carbons (Fsp3) is 0.148. The van der Waals surface area contributed by atoms with Crippen LogP contribution in [-0.4, -0.2) is 27.1 Å². The van der Waals surface area contributed by atoms with Crippen LogP contribution in [0.3, 0.4) is 0 Å². The van der Waals surface area contributed by atoms with Gasteiger partial charge in [0.2, 0.25) is 0 Å². The van der Waals surface area contributed by atoms with E-state index in [0.29, 0.717) is 30.0 Å². The molecule has 1 heterocycles. The minimum Gasteiger partial charge on any atom is -0.480 e. The first-order valence-electron chi connectivity index (χ1n) is 10.7. The maximum atomic E-state index is 13.8. The molecular formula is C27H24FN3O2. The summed E-state index contributed by atoms with van der Waals surface area (Å²) in [6.07, 6.45) is 2.22. The van der Waals surface area contributed by atoms with Crippen LogP contribution >= 0.6 is 0 Å². The number of anilines is 1. The number of benzene rings is 3. The highest BCUT2D eigenvalue weighted by Crippen LogP contribution is 2.23. The van der Waals surface area contributed by atoms with E-state index in [0.717, 1.165) is 22.3 Å². The molecule has 1 unspecified atom stereocenters. The van der Waals surface area contributed by atoms with Crippen LogP contribution in [0.2, 0.25) is 0 Å². The van der Waals surface area contributed by atoms with Crippen LogP contribution in [0.4, 0.5) is 10.2 Å². The molecule has 0 fully saturated rings. The molecule has 33 heavy (non-hydrogen) atoms. The molecule has 0 aliphatic rings. The Kier molecular flexibility index (Phi) is 6.74. The molecule has 0 radical (unpaired) electrons. The van der Waals surface area contributed by atoms with Crippen molar-refractivity contribution in [3.8, 4) is 11.3 Å². The summed E-state index contributed by atoms with van der Waals surface area (Å²) in [5, 5.41) is 12.9. The maximum absolute atomic E-state index is 13.8. The predicted molar refractivity (Wildman–Crippen MR) is 127 cm³/mol. The zero-order chi connectivity index (χ0) is 23.2. The number of carboxylic acids is 1. The molecular weight excluding hydrogens is 417 g/mol. The van der Waals surface area contributed by atoms with Crippen LogP contribution in [0.1, 0.15) is 22.4 Å². The average molecular weight is 442 g/mol. The van der Waals surface area contributed by atoms with Gasteiger partial charge in [0.15, 0.2) is 0 Å². The Morgan fingerprint density at radius 1 is 1.00 bits per heavy atom. The predicted octanol–water partition coefficient (Wildman–Crippen LogP) is 5.29. The molecule has 1 aromatic heterocycles. The quantitative estimate of drug-likeness (QED) is 0.389. The van der Waals surface area contributed by atoms with Gasteiger partial charge in [-0.2, -0.15) is 0 Å². The molecule has 4 aromatic rings. The number of rotatable bonds is 8. The summed E-state index contributed by atoms with van der Waals surface area (Å²) in [6, 6.07) is 22.8. The highest BCUT2D eigenvalue weighted by molar-refractivity contribution is 5.77. The number of nitrogens with zero attached hydrogens (tertiary/aromatic N) is 2. The highest BCUT2D eigenvalue weighted by atomic mass is 19.1. The minimum atomic E-state index is -0.984. The first-order chi connectivity index (χ1) is 16.0. The molecule has 166 valence electrons. The number of carboxylic acid groups (broad SMARTS) is 1. The number of hydrogen-bond donors (Lipinski definition) is 2. The lowest BCUT2D eigenvalue weighted by atomic mass is 10.0. The molecule has 5 nitrogen and oxygen atoms in total. The van der Waals surface area contributed by atoms with E-state index in [9.17, 15) is 14.3 Å². The molecule has 1 atom stereocenters. The van der Waals surface area contributed by atoms with Gasteiger partial charge in [-0.3, -0.25) is 0 Å². The van der Waals surface area contributed by atoms with E-state index >= 15 is 0 Å². The topological polar surface area (TPSA) is 75.1 Å². The SMILES string of the molecule is Cc1cccc(CC(Nc2ncc(-c3ccccc3)nc2Cc2cccc(F)c2)C(=O)O)c1. The Morgan fingerprint density at radius 2 is 1.76 bits per heavy atom. The summed E-state index contributed by atoms with van der Waals surface area (Å²) in [5.74, 6) is -0.946. The van der Waals surface area contributed by atoms with Gasteiger partial charge in [-0.15, -0.1) is 0 Å². The molecule has 3 aromatic carbocycles. The van der Waals surface area contributed by atoms with Crippen molar-refractivity contribution in [3.05, 3.63) is 113 Å². The van der Waals surface area contributed by atoms with E-state index in [1.165, 1.54) is 12.1 Å². The first kappa shape index (κ1) is 22.1. The van der Waals surface area contributed by atoms with Gasteiger partial charge in [0.25, 0.3) is 0 Å². The molecule has 4 rings (SSSR count). The third kappa shape index (κ3) is 5.80. The number of nitrogens with one attached hydrogen (secondary N) is 1. The lowest BCUT2D eigenvalue weighted by Crippen LogP contribution is -2.32. The second-order valence-corrected chi connectivity index (χ2v) is 7.95. The largest absolute Gasteiger partial charge is 0.480 e. The van der Waals surface area contributed by atoms with E-state index in [-0.39, 0.29) is 5.82 Å². The molecule has 6 heteroatoms. The summed E-state index contributed by atoms with van der Waals surface area (Å²) in [4.78, 5) is 21.3. The Labute approximate surface area is 192 Å². The van der Waals surface area contributed by atoms with Crippen LogP contribution in [0.5, 0.6) is 0 Å². The number of carbonyl (C=O) groups is 1. The van der Waals surface area contributed by atoms with Crippen LogP contribution in [0.15, 0.2) is 85.1 Å². The summed E-state index contributed by atoms with van der Waals surface area (Å²) in [6.45, 7) is 1.97. The minimum absolute atomic E-state index is 0.290. The Hall–Kier alpha value is -4.06. The van der Waals surface area contributed by atoms with Crippen molar-refractivity contribution in [2.45, 2.75) is 25.8 Å². The van der Waals surface area contributed by atoms with Gasteiger partial charge < -0.3 is 10.4 Å². The van der Waals surface area contributed by atoms with Crippen molar-refractivity contribution in [1.82, 2.24) is 9.97 Å². The van der Waals surface area contributed by atoms with E-state index in [1.807, 2.05) is 67.6 Å². The number of aliphatic carboxylic acids is 1. The van der Waals surface area contributed by atoms with Crippen LogP contribution < -0.4 is 5.32 Å². The molecule has 0 bridgehead atoms. The molecule has 0 spiro atoms. The third-order valence-corrected chi connectivity index (χ3v) is 5.31. The van der Waals surface area contributed by atoms with E-state index < -0.39 is 12.0 Å². The molecule has 0 aliphatic heterocycles. The van der Waals surface area contributed by atoms with Crippen molar-refractivity contribution < 1.29 is 14.3 Å². The van der Waals surface area contributed by atoms with E-state index in [1.54, 1.807) is 12.3 Å². The molecule has 2 N–H and O–H groups in total. The van der Waals surface area contributed by atoms with Gasteiger partial charge in [0.05, 0.1) is 17.6 Å². The maximum Gasteiger partial charge on any atom is 0.326 e. The zero-order valence-corrected chi connectivity index (χ0v) is 18.2. The summed E-state index contributed by atoms with van der Waals surface area (Å²) in [5.41, 5.74) is 4.82. The first-order valence-corrected chi connectivity index (χ1v) is 10.7. The lowest BCUT2D eigenvalue weighted by Gasteiger charge is -2.18. The van der Waals surface area contributed by atoms with Crippen molar-refractivity contribution in [2.75, 3.05) is 5.32 Å². The van der Waals surface area contributed by atoms with Crippen LogP contribution in [0, 0.1) is 12.7 Å². The second kappa shape index (κ2) is 10.0. The Morgan fingerprint density at radius 3 is 2.48 bits per heavy atom. The smallest absolute Gasteiger partial charge is 0.326 e. The van der Waals surface area contributed by atoms with Gasteiger partial charge in [-0.1, -0.05) is 72.3 Å². The molecule has 0 saturated carbocycles. The number of aromatic nitrogens is 2. The lowest BCUT2D eigenvalue weighted by molar-refractivity contribution is -0.137. The highest BCUT2D eigenvalue weighted by Gasteiger charge is 2.21.